The highest BCUT2D eigenvalue weighted by molar-refractivity contribution is 5.99. The molecule has 0 amide bonds. The van der Waals surface area contributed by atoms with Gasteiger partial charge in [0.2, 0.25) is 0 Å². The van der Waals surface area contributed by atoms with Crippen LogP contribution in [0.3, 0.4) is 0 Å². The predicted octanol–water partition coefficient (Wildman–Crippen LogP) is 4.49. The molecule has 4 nitrogen and oxygen atoms in total. The molecule has 0 spiro atoms. The Kier molecular flexibility index (Phi) is 4.24. The molecule has 1 aromatic heterocycles. The zero-order valence-electron chi connectivity index (χ0n) is 13.1. The van der Waals surface area contributed by atoms with E-state index in [2.05, 4.69) is 5.16 Å². The smallest absolute Gasteiger partial charge is 0.344 e. The van der Waals surface area contributed by atoms with Gasteiger partial charge in [0.15, 0.2) is 5.76 Å². The Morgan fingerprint density at radius 1 is 1.04 bits per heavy atom. The number of carbonyl (C=O) groups is 1. The highest BCUT2D eigenvalue weighted by Gasteiger charge is 2.24. The normalized spacial score (nSPS) is 10.5. The number of esters is 1. The quantitative estimate of drug-likeness (QED) is 0.666. The number of carbonyl (C=O) groups excluding carboxylic acids is 1. The SMILES string of the molecule is CCOC(=O)c1c(C)noc1-c1ccccc1-c1ccccc1. The van der Waals surface area contributed by atoms with Crippen LogP contribution in [0.15, 0.2) is 59.1 Å². The number of ether oxygens (including phenoxy) is 1. The molecule has 116 valence electrons. The summed E-state index contributed by atoms with van der Waals surface area (Å²) in [6.07, 6.45) is 0. The molecule has 0 unspecified atom stereocenters. The molecule has 0 fully saturated rings. The Morgan fingerprint density at radius 3 is 2.39 bits per heavy atom. The van der Waals surface area contributed by atoms with Gasteiger partial charge in [-0.3, -0.25) is 0 Å². The van der Waals surface area contributed by atoms with Crippen LogP contribution in [-0.2, 0) is 4.74 Å². The third-order valence-corrected chi connectivity index (χ3v) is 3.60. The first-order valence-electron chi connectivity index (χ1n) is 7.50. The van der Waals surface area contributed by atoms with Gasteiger partial charge in [-0.2, -0.15) is 0 Å². The van der Waals surface area contributed by atoms with Gasteiger partial charge in [-0.05, 0) is 25.0 Å². The number of rotatable bonds is 4. The first-order valence-corrected chi connectivity index (χ1v) is 7.50. The maximum atomic E-state index is 12.2. The van der Waals surface area contributed by atoms with E-state index in [1.807, 2.05) is 54.6 Å². The standard InChI is InChI=1S/C19H17NO3/c1-3-22-19(21)17-13(2)20-23-18(17)16-12-8-7-11-15(16)14-9-5-4-6-10-14/h4-12H,3H2,1-2H3. The summed E-state index contributed by atoms with van der Waals surface area (Å²) in [5.41, 5.74) is 3.76. The Hall–Kier alpha value is -2.88. The van der Waals surface area contributed by atoms with Crippen molar-refractivity contribution >= 4 is 5.97 Å². The lowest BCUT2D eigenvalue weighted by Gasteiger charge is -2.09. The van der Waals surface area contributed by atoms with Gasteiger partial charge in [-0.25, -0.2) is 4.79 Å². The van der Waals surface area contributed by atoms with Gasteiger partial charge in [-0.15, -0.1) is 0 Å². The average Bonchev–Trinajstić information content (AvgIpc) is 2.97. The van der Waals surface area contributed by atoms with Gasteiger partial charge in [-0.1, -0.05) is 59.8 Å². The van der Waals surface area contributed by atoms with Crippen molar-refractivity contribution in [1.82, 2.24) is 5.16 Å². The van der Waals surface area contributed by atoms with Crippen LogP contribution in [0.1, 0.15) is 23.0 Å². The first-order chi connectivity index (χ1) is 11.2. The van der Waals surface area contributed by atoms with Crippen LogP contribution in [-0.4, -0.2) is 17.7 Å². The van der Waals surface area contributed by atoms with Gasteiger partial charge in [0.1, 0.15) is 5.56 Å². The molecule has 4 heteroatoms. The molecule has 3 rings (SSSR count). The molecule has 2 aromatic carbocycles. The summed E-state index contributed by atoms with van der Waals surface area (Å²) >= 11 is 0. The third-order valence-electron chi connectivity index (χ3n) is 3.60. The van der Waals surface area contributed by atoms with Crippen LogP contribution in [0.4, 0.5) is 0 Å². The number of hydrogen-bond donors (Lipinski definition) is 0. The second-order valence-corrected chi connectivity index (χ2v) is 5.10. The summed E-state index contributed by atoms with van der Waals surface area (Å²) in [4.78, 5) is 12.2. The summed E-state index contributed by atoms with van der Waals surface area (Å²) < 4.78 is 10.6. The van der Waals surface area contributed by atoms with E-state index in [-0.39, 0.29) is 0 Å². The van der Waals surface area contributed by atoms with E-state index >= 15 is 0 Å². The second-order valence-electron chi connectivity index (χ2n) is 5.10. The van der Waals surface area contributed by atoms with Gasteiger partial charge in [0, 0.05) is 5.56 Å². The van der Waals surface area contributed by atoms with E-state index in [0.717, 1.165) is 16.7 Å². The third kappa shape index (κ3) is 2.88. The van der Waals surface area contributed by atoms with Gasteiger partial charge < -0.3 is 9.26 Å². The lowest BCUT2D eigenvalue weighted by Crippen LogP contribution is -2.06. The Morgan fingerprint density at radius 2 is 1.70 bits per heavy atom. The fourth-order valence-corrected chi connectivity index (χ4v) is 2.55. The molecular weight excluding hydrogens is 290 g/mol. The highest BCUT2D eigenvalue weighted by atomic mass is 16.5. The van der Waals surface area contributed by atoms with E-state index in [4.69, 9.17) is 9.26 Å². The Balaban J connectivity index is 2.16. The molecule has 0 aliphatic carbocycles. The van der Waals surface area contributed by atoms with E-state index in [1.54, 1.807) is 13.8 Å². The monoisotopic (exact) mass is 307 g/mol. The van der Waals surface area contributed by atoms with Crippen molar-refractivity contribution in [3.05, 3.63) is 65.9 Å². The molecule has 0 radical (unpaired) electrons. The lowest BCUT2D eigenvalue weighted by atomic mass is 9.96. The Labute approximate surface area is 134 Å². The highest BCUT2D eigenvalue weighted by Crippen LogP contribution is 2.35. The molecule has 0 saturated carbocycles. The molecule has 1 heterocycles. The molecule has 0 atom stereocenters. The summed E-state index contributed by atoms with van der Waals surface area (Å²) in [7, 11) is 0. The van der Waals surface area contributed by atoms with Crippen LogP contribution < -0.4 is 0 Å². The molecule has 0 aliphatic heterocycles. The van der Waals surface area contributed by atoms with Crippen molar-refractivity contribution in [2.45, 2.75) is 13.8 Å². The molecule has 0 N–H and O–H groups in total. The molecule has 0 saturated heterocycles. The number of benzene rings is 2. The van der Waals surface area contributed by atoms with Gasteiger partial charge in [0.25, 0.3) is 0 Å². The van der Waals surface area contributed by atoms with Crippen molar-refractivity contribution in [2.24, 2.45) is 0 Å². The van der Waals surface area contributed by atoms with Crippen LogP contribution in [0.2, 0.25) is 0 Å². The summed E-state index contributed by atoms with van der Waals surface area (Å²) in [5, 5.41) is 3.96. The molecule has 0 bridgehead atoms. The summed E-state index contributed by atoms with van der Waals surface area (Å²) in [6, 6.07) is 17.7. The summed E-state index contributed by atoms with van der Waals surface area (Å²) in [5.74, 6) is 0.0320. The van der Waals surface area contributed by atoms with E-state index < -0.39 is 5.97 Å². The largest absolute Gasteiger partial charge is 0.462 e. The van der Waals surface area contributed by atoms with Crippen molar-refractivity contribution in [1.29, 1.82) is 0 Å². The predicted molar refractivity (Wildman–Crippen MR) is 88.1 cm³/mol. The Bertz CT molecular complexity index is 822. The minimum Gasteiger partial charge on any atom is -0.462 e. The second kappa shape index (κ2) is 6.48. The van der Waals surface area contributed by atoms with Crippen molar-refractivity contribution in [2.75, 3.05) is 6.61 Å². The van der Waals surface area contributed by atoms with Gasteiger partial charge >= 0.3 is 5.97 Å². The van der Waals surface area contributed by atoms with Crippen molar-refractivity contribution < 1.29 is 14.1 Å². The first kappa shape index (κ1) is 15.0. The fraction of sp³-hybridized carbons (Fsp3) is 0.158. The maximum Gasteiger partial charge on any atom is 0.344 e. The average molecular weight is 307 g/mol. The van der Waals surface area contributed by atoms with E-state index in [1.165, 1.54) is 0 Å². The number of aryl methyl sites for hydroxylation is 1. The number of hydrogen-bond acceptors (Lipinski definition) is 4. The van der Waals surface area contributed by atoms with Crippen LogP contribution >= 0.6 is 0 Å². The van der Waals surface area contributed by atoms with Crippen LogP contribution in [0.25, 0.3) is 22.5 Å². The zero-order valence-corrected chi connectivity index (χ0v) is 13.1. The van der Waals surface area contributed by atoms with Gasteiger partial charge in [0.05, 0.1) is 12.3 Å². The minimum atomic E-state index is -0.413. The number of nitrogens with zero attached hydrogens (tertiary/aromatic N) is 1. The molecule has 0 aliphatic rings. The van der Waals surface area contributed by atoms with Crippen LogP contribution in [0.5, 0.6) is 0 Å². The fourth-order valence-electron chi connectivity index (χ4n) is 2.55. The lowest BCUT2D eigenvalue weighted by molar-refractivity contribution is 0.0526. The maximum absolute atomic E-state index is 12.2. The van der Waals surface area contributed by atoms with Crippen LogP contribution in [0, 0.1) is 6.92 Å². The molecule has 3 aromatic rings. The summed E-state index contributed by atoms with van der Waals surface area (Å²) in [6.45, 7) is 3.83. The number of aromatic nitrogens is 1. The molecule has 23 heavy (non-hydrogen) atoms. The van der Waals surface area contributed by atoms with Crippen molar-refractivity contribution in [3.63, 3.8) is 0 Å². The minimum absolute atomic E-state index is 0.309. The topological polar surface area (TPSA) is 52.3 Å². The van der Waals surface area contributed by atoms with Crippen molar-refractivity contribution in [3.8, 4) is 22.5 Å². The molecular formula is C19H17NO3. The zero-order chi connectivity index (χ0) is 16.2. The van der Waals surface area contributed by atoms with E-state index in [9.17, 15) is 4.79 Å². The van der Waals surface area contributed by atoms with E-state index in [0.29, 0.717) is 23.6 Å².